The molecule has 0 radical (unpaired) electrons. The Morgan fingerprint density at radius 2 is 2.17 bits per heavy atom. The van der Waals surface area contributed by atoms with Crippen molar-refractivity contribution in [3.8, 4) is 11.8 Å². The third kappa shape index (κ3) is 1.73. The standard InChI is InChI=1S/C9H5NS2/c1-2-8(11-6-1)3-4-9-10-5-7-12-9/h1-2,5-7H. The van der Waals surface area contributed by atoms with E-state index in [9.17, 15) is 0 Å². The Kier molecular flexibility index (Phi) is 2.21. The van der Waals surface area contributed by atoms with Gasteiger partial charge < -0.3 is 0 Å². The van der Waals surface area contributed by atoms with Crippen molar-refractivity contribution < 1.29 is 0 Å². The van der Waals surface area contributed by atoms with Crippen LogP contribution in [0.3, 0.4) is 0 Å². The number of nitrogens with zero attached hydrogens (tertiary/aromatic N) is 1. The van der Waals surface area contributed by atoms with E-state index in [0.717, 1.165) is 9.88 Å². The Morgan fingerprint density at radius 3 is 2.83 bits per heavy atom. The van der Waals surface area contributed by atoms with Crippen LogP contribution in [0.25, 0.3) is 0 Å². The van der Waals surface area contributed by atoms with Gasteiger partial charge in [-0.05, 0) is 23.3 Å². The van der Waals surface area contributed by atoms with Crippen LogP contribution in [0.15, 0.2) is 29.1 Å². The largest absolute Gasteiger partial charge is 0.236 e. The molecule has 0 fully saturated rings. The Labute approximate surface area is 78.7 Å². The molecule has 0 amide bonds. The minimum Gasteiger partial charge on any atom is -0.236 e. The van der Waals surface area contributed by atoms with Crippen molar-refractivity contribution in [3.05, 3.63) is 39.0 Å². The van der Waals surface area contributed by atoms with Crippen LogP contribution >= 0.6 is 22.7 Å². The van der Waals surface area contributed by atoms with Crippen LogP contribution in [-0.4, -0.2) is 4.98 Å². The molecule has 0 bridgehead atoms. The van der Waals surface area contributed by atoms with Gasteiger partial charge in [0.25, 0.3) is 0 Å². The third-order valence-corrected chi connectivity index (χ3v) is 2.72. The first-order chi connectivity index (χ1) is 5.95. The second-order valence-corrected chi connectivity index (χ2v) is 3.91. The van der Waals surface area contributed by atoms with Crippen LogP contribution in [0.4, 0.5) is 0 Å². The van der Waals surface area contributed by atoms with Crippen molar-refractivity contribution in [1.82, 2.24) is 4.98 Å². The zero-order chi connectivity index (χ0) is 8.23. The van der Waals surface area contributed by atoms with Crippen molar-refractivity contribution in [2.45, 2.75) is 0 Å². The Bertz CT molecular complexity index is 351. The van der Waals surface area contributed by atoms with Gasteiger partial charge in [0.2, 0.25) is 0 Å². The molecule has 0 N–H and O–H groups in total. The summed E-state index contributed by atoms with van der Waals surface area (Å²) in [5.41, 5.74) is 0. The second-order valence-electron chi connectivity index (χ2n) is 2.06. The average molecular weight is 191 g/mol. The van der Waals surface area contributed by atoms with Crippen molar-refractivity contribution in [1.29, 1.82) is 0 Å². The van der Waals surface area contributed by atoms with Crippen LogP contribution in [0.2, 0.25) is 0 Å². The molecule has 0 spiro atoms. The van der Waals surface area contributed by atoms with Crippen LogP contribution < -0.4 is 0 Å². The number of thiophene rings is 1. The van der Waals surface area contributed by atoms with E-state index in [4.69, 9.17) is 0 Å². The van der Waals surface area contributed by atoms with Crippen LogP contribution in [-0.2, 0) is 0 Å². The van der Waals surface area contributed by atoms with E-state index >= 15 is 0 Å². The number of thiazole rings is 1. The summed E-state index contributed by atoms with van der Waals surface area (Å²) < 4.78 is 0. The van der Waals surface area contributed by atoms with Gasteiger partial charge in [-0.2, -0.15) is 0 Å². The van der Waals surface area contributed by atoms with E-state index in [2.05, 4.69) is 16.8 Å². The van der Waals surface area contributed by atoms with E-state index in [1.807, 2.05) is 22.9 Å². The van der Waals surface area contributed by atoms with E-state index in [1.165, 1.54) is 0 Å². The highest BCUT2D eigenvalue weighted by atomic mass is 32.1. The summed E-state index contributed by atoms with van der Waals surface area (Å²) in [6.45, 7) is 0. The molecule has 0 atom stereocenters. The molecule has 0 aliphatic rings. The maximum absolute atomic E-state index is 4.07. The summed E-state index contributed by atoms with van der Waals surface area (Å²) in [6.07, 6.45) is 1.77. The molecular weight excluding hydrogens is 186 g/mol. The van der Waals surface area contributed by atoms with Gasteiger partial charge in [0.15, 0.2) is 5.01 Å². The lowest BCUT2D eigenvalue weighted by Crippen LogP contribution is -1.67. The smallest absolute Gasteiger partial charge is 0.167 e. The Balaban J connectivity index is 2.22. The Morgan fingerprint density at radius 1 is 1.17 bits per heavy atom. The average Bonchev–Trinajstić information content (AvgIpc) is 2.74. The van der Waals surface area contributed by atoms with Gasteiger partial charge in [-0.3, -0.25) is 0 Å². The van der Waals surface area contributed by atoms with E-state index in [0.29, 0.717) is 0 Å². The van der Waals surface area contributed by atoms with Crippen LogP contribution in [0.5, 0.6) is 0 Å². The summed E-state index contributed by atoms with van der Waals surface area (Å²) in [4.78, 5) is 5.15. The molecule has 0 aromatic carbocycles. The number of hydrogen-bond donors (Lipinski definition) is 0. The molecule has 2 aromatic heterocycles. The van der Waals surface area contributed by atoms with Crippen molar-refractivity contribution in [3.63, 3.8) is 0 Å². The summed E-state index contributed by atoms with van der Waals surface area (Å²) in [6, 6.07) is 4.00. The van der Waals surface area contributed by atoms with Crippen LogP contribution in [0, 0.1) is 11.8 Å². The minimum atomic E-state index is 0.878. The molecular formula is C9H5NS2. The molecule has 12 heavy (non-hydrogen) atoms. The highest BCUT2D eigenvalue weighted by molar-refractivity contribution is 7.10. The molecule has 1 nitrogen and oxygen atoms in total. The molecule has 0 aliphatic carbocycles. The minimum absolute atomic E-state index is 0.878. The first-order valence-corrected chi connectivity index (χ1v) is 5.16. The summed E-state index contributed by atoms with van der Waals surface area (Å²) in [7, 11) is 0. The van der Waals surface area contributed by atoms with Gasteiger partial charge in [-0.25, -0.2) is 4.98 Å². The maximum Gasteiger partial charge on any atom is 0.167 e. The normalized spacial score (nSPS) is 9.00. The van der Waals surface area contributed by atoms with E-state index < -0.39 is 0 Å². The molecule has 0 saturated carbocycles. The predicted molar refractivity (Wildman–Crippen MR) is 52.4 cm³/mol. The molecule has 0 unspecified atom stereocenters. The fraction of sp³-hybridized carbons (Fsp3) is 0. The molecule has 0 saturated heterocycles. The van der Waals surface area contributed by atoms with Crippen LogP contribution in [0.1, 0.15) is 9.88 Å². The van der Waals surface area contributed by atoms with Crippen molar-refractivity contribution in [2.75, 3.05) is 0 Å². The SMILES string of the molecule is C(#Cc1nccs1)c1cccs1. The lowest BCUT2D eigenvalue weighted by molar-refractivity contribution is 1.39. The molecule has 3 heteroatoms. The maximum atomic E-state index is 4.07. The lowest BCUT2D eigenvalue weighted by atomic mass is 10.4. The molecule has 2 aromatic rings. The topological polar surface area (TPSA) is 12.9 Å². The number of hydrogen-bond acceptors (Lipinski definition) is 3. The van der Waals surface area contributed by atoms with Gasteiger partial charge in [-0.1, -0.05) is 6.07 Å². The van der Waals surface area contributed by atoms with E-state index in [1.54, 1.807) is 28.9 Å². The van der Waals surface area contributed by atoms with Crippen molar-refractivity contribution >= 4 is 22.7 Å². The fourth-order valence-corrected chi connectivity index (χ4v) is 1.80. The van der Waals surface area contributed by atoms with Gasteiger partial charge in [0.1, 0.15) is 0 Å². The number of aromatic nitrogens is 1. The zero-order valence-corrected chi connectivity index (χ0v) is 7.78. The summed E-state index contributed by atoms with van der Waals surface area (Å²) in [5.74, 6) is 6.04. The fourth-order valence-electron chi connectivity index (χ4n) is 0.750. The molecule has 0 aliphatic heterocycles. The van der Waals surface area contributed by atoms with E-state index in [-0.39, 0.29) is 0 Å². The summed E-state index contributed by atoms with van der Waals surface area (Å²) >= 11 is 3.21. The third-order valence-electron chi connectivity index (χ3n) is 1.25. The molecule has 2 rings (SSSR count). The summed E-state index contributed by atoms with van der Waals surface area (Å²) in [5, 5.41) is 4.83. The highest BCUT2D eigenvalue weighted by Crippen LogP contribution is 2.07. The second kappa shape index (κ2) is 3.53. The predicted octanol–water partition coefficient (Wildman–Crippen LogP) is 2.60. The molecule has 58 valence electrons. The first-order valence-electron chi connectivity index (χ1n) is 3.40. The quantitative estimate of drug-likeness (QED) is 0.583. The van der Waals surface area contributed by atoms with Gasteiger partial charge in [0.05, 0.1) is 4.88 Å². The first kappa shape index (κ1) is 7.53. The Hall–Kier alpha value is -1.11. The molecule has 2 heterocycles. The van der Waals surface area contributed by atoms with Gasteiger partial charge in [-0.15, -0.1) is 22.7 Å². The lowest BCUT2D eigenvalue weighted by Gasteiger charge is -1.75. The highest BCUT2D eigenvalue weighted by Gasteiger charge is 1.87. The van der Waals surface area contributed by atoms with Gasteiger partial charge in [0, 0.05) is 11.6 Å². The van der Waals surface area contributed by atoms with Gasteiger partial charge >= 0.3 is 0 Å². The van der Waals surface area contributed by atoms with Crippen molar-refractivity contribution in [2.24, 2.45) is 0 Å². The zero-order valence-electron chi connectivity index (χ0n) is 6.15. The monoisotopic (exact) mass is 191 g/mol. The number of rotatable bonds is 0.